The number of carbonyl (C=O) groups excluding carboxylic acids is 1. The normalized spacial score (nSPS) is 18.8. The average molecular weight is 432 g/mol. The number of nitrogens with zero attached hydrogens (tertiary/aromatic N) is 3. The Kier molecular flexibility index (Phi) is 5.13. The van der Waals surface area contributed by atoms with Crippen LogP contribution in [0, 0.1) is 10.1 Å². The van der Waals surface area contributed by atoms with E-state index in [1.54, 1.807) is 25.1 Å². The van der Waals surface area contributed by atoms with Crippen molar-refractivity contribution in [3.05, 3.63) is 75.5 Å². The molecule has 2 heterocycles. The lowest BCUT2D eigenvalue weighted by Crippen LogP contribution is -2.31. The number of nitrogens with one attached hydrogen (secondary N) is 1. The molecule has 0 radical (unpaired) electrons. The summed E-state index contributed by atoms with van der Waals surface area (Å²) in [4.78, 5) is 29.6. The molecule has 0 amide bonds. The summed E-state index contributed by atoms with van der Waals surface area (Å²) in [6.45, 7) is 1.79. The molecule has 0 unspecified atom stereocenters. The topological polar surface area (TPSA) is 99.3 Å². The maximum Gasteiger partial charge on any atom is 0.338 e. The number of esters is 1. The van der Waals surface area contributed by atoms with Crippen LogP contribution < -0.4 is 5.32 Å². The van der Waals surface area contributed by atoms with Crippen molar-refractivity contribution in [2.24, 2.45) is 0 Å². The number of hydrogen-bond donors (Lipinski definition) is 1. The minimum absolute atomic E-state index is 0.0427. The highest BCUT2D eigenvalue weighted by Gasteiger charge is 2.38. The first-order valence-electron chi connectivity index (χ1n) is 10.9. The largest absolute Gasteiger partial charge is 0.459 e. The van der Waals surface area contributed by atoms with E-state index in [0.29, 0.717) is 22.8 Å². The predicted octanol–water partition coefficient (Wildman–Crippen LogP) is 5.11. The van der Waals surface area contributed by atoms with Gasteiger partial charge in [0.25, 0.3) is 5.69 Å². The molecule has 1 saturated carbocycles. The van der Waals surface area contributed by atoms with Crippen molar-refractivity contribution in [2.45, 2.75) is 51.2 Å². The number of hydrogen-bond acceptors (Lipinski definition) is 6. The van der Waals surface area contributed by atoms with E-state index in [9.17, 15) is 14.9 Å². The monoisotopic (exact) mass is 432 g/mol. The van der Waals surface area contributed by atoms with Gasteiger partial charge in [-0.15, -0.1) is 0 Å². The quantitative estimate of drug-likeness (QED) is 0.349. The summed E-state index contributed by atoms with van der Waals surface area (Å²) in [7, 11) is 0. The van der Waals surface area contributed by atoms with Crippen molar-refractivity contribution < 1.29 is 14.5 Å². The van der Waals surface area contributed by atoms with Crippen LogP contribution in [0.4, 0.5) is 11.6 Å². The van der Waals surface area contributed by atoms with Crippen LogP contribution in [0.15, 0.2) is 59.8 Å². The predicted molar refractivity (Wildman–Crippen MR) is 120 cm³/mol. The van der Waals surface area contributed by atoms with Gasteiger partial charge in [-0.05, 0) is 50.8 Å². The Bertz CT molecular complexity index is 1240. The number of carbonyl (C=O) groups is 1. The van der Waals surface area contributed by atoms with Gasteiger partial charge in [0.2, 0.25) is 5.95 Å². The lowest BCUT2D eigenvalue weighted by molar-refractivity contribution is -0.385. The molecule has 2 aromatic carbocycles. The number of anilines is 1. The Morgan fingerprint density at radius 3 is 2.62 bits per heavy atom. The number of rotatable bonds is 4. The number of allylic oxidation sites excluding steroid dienone is 1. The highest BCUT2D eigenvalue weighted by molar-refractivity contribution is 5.94. The molecule has 3 aromatic rings. The second kappa shape index (κ2) is 8.11. The molecule has 164 valence electrons. The molecule has 0 saturated heterocycles. The Morgan fingerprint density at radius 2 is 1.84 bits per heavy atom. The molecule has 5 rings (SSSR count). The fourth-order valence-corrected chi connectivity index (χ4v) is 4.81. The fourth-order valence-electron chi connectivity index (χ4n) is 4.81. The van der Waals surface area contributed by atoms with E-state index in [1.807, 2.05) is 28.8 Å². The van der Waals surface area contributed by atoms with Gasteiger partial charge < -0.3 is 10.1 Å². The summed E-state index contributed by atoms with van der Waals surface area (Å²) in [5, 5.41) is 15.1. The van der Waals surface area contributed by atoms with E-state index in [2.05, 4.69) is 10.3 Å². The lowest BCUT2D eigenvalue weighted by atomic mass is 9.93. The van der Waals surface area contributed by atoms with Gasteiger partial charge in [-0.1, -0.05) is 30.7 Å². The zero-order valence-corrected chi connectivity index (χ0v) is 17.8. The molecule has 1 atom stereocenters. The van der Waals surface area contributed by atoms with Crippen LogP contribution >= 0.6 is 0 Å². The van der Waals surface area contributed by atoms with Crippen molar-refractivity contribution in [3.8, 4) is 0 Å². The highest BCUT2D eigenvalue weighted by atomic mass is 16.6. The molecule has 1 aromatic heterocycles. The van der Waals surface area contributed by atoms with E-state index in [4.69, 9.17) is 4.74 Å². The molecule has 1 aliphatic heterocycles. The number of aromatic nitrogens is 2. The van der Waals surface area contributed by atoms with E-state index in [1.165, 1.54) is 6.07 Å². The summed E-state index contributed by atoms with van der Waals surface area (Å²) >= 11 is 0. The van der Waals surface area contributed by atoms with Gasteiger partial charge in [-0.2, -0.15) is 0 Å². The van der Waals surface area contributed by atoms with Crippen LogP contribution in [-0.4, -0.2) is 26.5 Å². The van der Waals surface area contributed by atoms with Crippen LogP contribution in [0.1, 0.15) is 50.6 Å². The number of benzene rings is 2. The van der Waals surface area contributed by atoms with Crippen molar-refractivity contribution in [1.29, 1.82) is 0 Å². The van der Waals surface area contributed by atoms with E-state index >= 15 is 0 Å². The third kappa shape index (κ3) is 3.41. The number of ether oxygens (including phenoxy) is 1. The summed E-state index contributed by atoms with van der Waals surface area (Å²) in [5.41, 5.74) is 2.89. The summed E-state index contributed by atoms with van der Waals surface area (Å²) in [6, 6.07) is 13.4. The minimum Gasteiger partial charge on any atom is -0.459 e. The van der Waals surface area contributed by atoms with Crippen molar-refractivity contribution in [2.75, 3.05) is 5.32 Å². The second-order valence-corrected chi connectivity index (χ2v) is 8.34. The van der Waals surface area contributed by atoms with Gasteiger partial charge in [-0.25, -0.2) is 9.78 Å². The molecular formula is C24H24N4O4. The zero-order chi connectivity index (χ0) is 22.2. The number of fused-ring (bicyclic) bond motifs is 3. The minimum atomic E-state index is -0.726. The van der Waals surface area contributed by atoms with Crippen molar-refractivity contribution in [3.63, 3.8) is 0 Å². The first-order chi connectivity index (χ1) is 15.5. The third-order valence-corrected chi connectivity index (χ3v) is 6.30. The lowest BCUT2D eigenvalue weighted by Gasteiger charge is -2.31. The van der Waals surface area contributed by atoms with Crippen LogP contribution in [-0.2, 0) is 9.53 Å². The molecule has 8 nitrogen and oxygen atoms in total. The van der Waals surface area contributed by atoms with Crippen molar-refractivity contribution >= 4 is 28.6 Å². The Labute approximate surface area is 185 Å². The Balaban J connectivity index is 1.68. The van der Waals surface area contributed by atoms with Gasteiger partial charge in [0, 0.05) is 11.8 Å². The maximum absolute atomic E-state index is 13.5. The number of imidazole rings is 1. The Hall–Kier alpha value is -3.68. The van der Waals surface area contributed by atoms with Crippen molar-refractivity contribution in [1.82, 2.24) is 9.55 Å². The number of para-hydroxylation sites is 3. The molecule has 32 heavy (non-hydrogen) atoms. The molecular weight excluding hydrogens is 408 g/mol. The fraction of sp³-hybridized carbons (Fsp3) is 0.333. The van der Waals surface area contributed by atoms with Gasteiger partial charge in [0.1, 0.15) is 12.1 Å². The number of nitro benzene ring substituents is 1. The van der Waals surface area contributed by atoms with Crippen LogP contribution in [0.5, 0.6) is 0 Å². The first-order valence-corrected chi connectivity index (χ1v) is 10.9. The Morgan fingerprint density at radius 1 is 1.12 bits per heavy atom. The van der Waals surface area contributed by atoms with E-state index in [0.717, 1.165) is 43.1 Å². The molecule has 2 aliphatic rings. The van der Waals surface area contributed by atoms with Crippen LogP contribution in [0.2, 0.25) is 0 Å². The molecule has 8 heteroatoms. The first kappa shape index (κ1) is 20.2. The smallest absolute Gasteiger partial charge is 0.338 e. The van der Waals surface area contributed by atoms with Gasteiger partial charge in [0.15, 0.2) is 0 Å². The van der Waals surface area contributed by atoms with Crippen LogP contribution in [0.3, 0.4) is 0 Å². The maximum atomic E-state index is 13.5. The van der Waals surface area contributed by atoms with Gasteiger partial charge in [-0.3, -0.25) is 14.7 Å². The summed E-state index contributed by atoms with van der Waals surface area (Å²) < 4.78 is 7.78. The highest BCUT2D eigenvalue weighted by Crippen LogP contribution is 2.42. The summed E-state index contributed by atoms with van der Waals surface area (Å²) in [6.07, 6.45) is 4.81. The third-order valence-electron chi connectivity index (χ3n) is 6.30. The van der Waals surface area contributed by atoms with E-state index in [-0.39, 0.29) is 11.8 Å². The average Bonchev–Trinajstić information content (AvgIpc) is 3.16. The molecule has 0 spiro atoms. The molecule has 1 aliphatic carbocycles. The standard InChI is InChI=1S/C24H24N4O4/c1-15-21(23(29)32-16-9-3-2-4-10-16)22(17-11-5-7-13-19(17)28(30)31)27-20-14-8-6-12-18(20)26-24(27)25-15/h5-8,11-14,16,22H,2-4,9-10H2,1H3,(H,25,26)/t22-/m0/s1. The van der Waals surface area contributed by atoms with Gasteiger partial charge in [0.05, 0.1) is 27.1 Å². The summed E-state index contributed by atoms with van der Waals surface area (Å²) in [5.74, 6) is 0.106. The molecule has 1 fully saturated rings. The van der Waals surface area contributed by atoms with E-state index < -0.39 is 16.9 Å². The second-order valence-electron chi connectivity index (χ2n) is 8.34. The van der Waals surface area contributed by atoms with Gasteiger partial charge >= 0.3 is 5.97 Å². The SMILES string of the molecule is CC1=C(C(=O)OC2CCCCC2)[C@H](c2ccccc2[N+](=O)[O-])n2c(nc3ccccc32)N1. The number of nitro groups is 1. The van der Waals surface area contributed by atoms with Crippen LogP contribution in [0.25, 0.3) is 11.0 Å². The zero-order valence-electron chi connectivity index (χ0n) is 17.8. The molecule has 0 bridgehead atoms. The molecule has 1 N–H and O–H groups in total.